The predicted octanol–water partition coefficient (Wildman–Crippen LogP) is 3.21. The summed E-state index contributed by atoms with van der Waals surface area (Å²) in [5.41, 5.74) is 1.79. The molecule has 1 amide bonds. The lowest BCUT2D eigenvalue weighted by molar-refractivity contribution is -0.162. The number of rotatable bonds is 1. The van der Waals surface area contributed by atoms with Gasteiger partial charge in [-0.2, -0.15) is 0 Å². The van der Waals surface area contributed by atoms with Crippen LogP contribution in [0.15, 0.2) is 12.1 Å². The summed E-state index contributed by atoms with van der Waals surface area (Å²) in [7, 11) is 0. The molecule has 4 nitrogen and oxygen atoms in total. The SMILES string of the molecule is C[C@H]1c2c(Cl)cc(Cl)cc2CCN1C(=O)[C@H]1CNCC(C)(C)O1. The van der Waals surface area contributed by atoms with Crippen LogP contribution in [0.4, 0.5) is 0 Å². The fourth-order valence-corrected chi connectivity index (χ4v) is 4.19. The summed E-state index contributed by atoms with van der Waals surface area (Å²) in [5, 5.41) is 4.55. The molecule has 3 rings (SSSR count). The summed E-state index contributed by atoms with van der Waals surface area (Å²) in [5.74, 6) is 0.0226. The van der Waals surface area contributed by atoms with Crippen molar-refractivity contribution in [2.45, 2.75) is 44.9 Å². The number of hydrogen-bond donors (Lipinski definition) is 1. The van der Waals surface area contributed by atoms with Crippen LogP contribution in [0.2, 0.25) is 10.0 Å². The molecule has 6 heteroatoms. The first kappa shape index (κ1) is 17.0. The molecular weight excluding hydrogens is 335 g/mol. The van der Waals surface area contributed by atoms with E-state index in [0.717, 1.165) is 24.1 Å². The van der Waals surface area contributed by atoms with Crippen molar-refractivity contribution < 1.29 is 9.53 Å². The molecule has 2 aliphatic heterocycles. The summed E-state index contributed by atoms with van der Waals surface area (Å²) in [6.45, 7) is 7.95. The fraction of sp³-hybridized carbons (Fsp3) is 0.588. The first-order chi connectivity index (χ1) is 10.8. The van der Waals surface area contributed by atoms with Crippen LogP contribution in [-0.2, 0) is 16.0 Å². The maximum Gasteiger partial charge on any atom is 0.253 e. The highest BCUT2D eigenvalue weighted by Crippen LogP contribution is 2.37. The first-order valence-electron chi connectivity index (χ1n) is 7.95. The van der Waals surface area contributed by atoms with Crippen LogP contribution in [0.1, 0.15) is 37.9 Å². The Morgan fingerprint density at radius 3 is 2.83 bits per heavy atom. The van der Waals surface area contributed by atoms with E-state index in [1.807, 2.05) is 31.7 Å². The number of nitrogens with zero attached hydrogens (tertiary/aromatic N) is 1. The van der Waals surface area contributed by atoms with E-state index < -0.39 is 6.10 Å². The third kappa shape index (κ3) is 3.36. The maximum absolute atomic E-state index is 12.9. The van der Waals surface area contributed by atoms with Crippen LogP contribution in [0.5, 0.6) is 0 Å². The molecule has 1 saturated heterocycles. The molecule has 23 heavy (non-hydrogen) atoms. The largest absolute Gasteiger partial charge is 0.360 e. The summed E-state index contributed by atoms with van der Waals surface area (Å²) >= 11 is 12.5. The predicted molar refractivity (Wildman–Crippen MR) is 92.1 cm³/mol. The average molecular weight is 357 g/mol. The molecular formula is C17H22Cl2N2O2. The Balaban J connectivity index is 1.83. The van der Waals surface area contributed by atoms with Crippen molar-refractivity contribution in [1.82, 2.24) is 10.2 Å². The average Bonchev–Trinajstić information content (AvgIpc) is 2.45. The highest BCUT2D eigenvalue weighted by atomic mass is 35.5. The molecule has 0 spiro atoms. The monoisotopic (exact) mass is 356 g/mol. The van der Waals surface area contributed by atoms with Crippen molar-refractivity contribution in [3.8, 4) is 0 Å². The fourth-order valence-electron chi connectivity index (χ4n) is 3.50. The molecule has 2 heterocycles. The number of hydrogen-bond acceptors (Lipinski definition) is 3. The van der Waals surface area contributed by atoms with Gasteiger partial charge in [0.1, 0.15) is 6.10 Å². The minimum atomic E-state index is -0.450. The Bertz CT molecular complexity index is 633. The van der Waals surface area contributed by atoms with Crippen molar-refractivity contribution in [2.24, 2.45) is 0 Å². The number of ether oxygens (including phenoxy) is 1. The standard InChI is InChI=1S/C17H22Cl2N2O2/c1-10-15-11(6-12(18)7-13(15)19)4-5-21(10)16(22)14-8-20-9-17(2,3)23-14/h6-7,10,14,20H,4-5,8-9H2,1-3H3/t10-,14+/m0/s1. The van der Waals surface area contributed by atoms with Crippen molar-refractivity contribution in [3.05, 3.63) is 33.3 Å². The van der Waals surface area contributed by atoms with Gasteiger partial charge in [-0.05, 0) is 50.5 Å². The number of carbonyl (C=O) groups is 1. The molecule has 0 aromatic heterocycles. The van der Waals surface area contributed by atoms with Gasteiger partial charge in [-0.15, -0.1) is 0 Å². The van der Waals surface area contributed by atoms with E-state index in [2.05, 4.69) is 5.32 Å². The van der Waals surface area contributed by atoms with Gasteiger partial charge in [-0.1, -0.05) is 23.2 Å². The number of fused-ring (bicyclic) bond motifs is 1. The second-order valence-electron chi connectivity index (χ2n) is 6.92. The van der Waals surface area contributed by atoms with Gasteiger partial charge in [0.05, 0.1) is 11.6 Å². The van der Waals surface area contributed by atoms with E-state index in [-0.39, 0.29) is 17.6 Å². The van der Waals surface area contributed by atoms with E-state index in [9.17, 15) is 4.79 Å². The Hall–Kier alpha value is -0.810. The van der Waals surface area contributed by atoms with Crippen molar-refractivity contribution in [2.75, 3.05) is 19.6 Å². The Kier molecular flexibility index (Phi) is 4.62. The number of benzene rings is 1. The van der Waals surface area contributed by atoms with Crippen molar-refractivity contribution in [1.29, 1.82) is 0 Å². The number of amides is 1. The normalized spacial score (nSPS) is 26.7. The van der Waals surface area contributed by atoms with Crippen molar-refractivity contribution in [3.63, 3.8) is 0 Å². The molecule has 0 saturated carbocycles. The smallest absolute Gasteiger partial charge is 0.253 e. The molecule has 0 unspecified atom stereocenters. The van der Waals surface area contributed by atoms with Gasteiger partial charge in [0, 0.05) is 29.7 Å². The summed E-state index contributed by atoms with van der Waals surface area (Å²) in [6.07, 6.45) is 0.309. The topological polar surface area (TPSA) is 41.6 Å². The molecule has 0 radical (unpaired) electrons. The zero-order valence-electron chi connectivity index (χ0n) is 13.7. The highest BCUT2D eigenvalue weighted by Gasteiger charge is 2.38. The van der Waals surface area contributed by atoms with E-state index >= 15 is 0 Å². The second kappa shape index (κ2) is 6.25. The minimum absolute atomic E-state index is 0.0226. The van der Waals surface area contributed by atoms with Crippen LogP contribution in [-0.4, -0.2) is 42.1 Å². The van der Waals surface area contributed by atoms with E-state index in [4.69, 9.17) is 27.9 Å². The zero-order valence-corrected chi connectivity index (χ0v) is 15.2. The maximum atomic E-state index is 12.9. The number of halogens is 2. The van der Waals surface area contributed by atoms with Gasteiger partial charge in [-0.3, -0.25) is 4.79 Å². The van der Waals surface area contributed by atoms with Crippen LogP contribution < -0.4 is 5.32 Å². The molecule has 1 N–H and O–H groups in total. The van der Waals surface area contributed by atoms with Gasteiger partial charge in [0.15, 0.2) is 0 Å². The highest BCUT2D eigenvalue weighted by molar-refractivity contribution is 6.35. The first-order valence-corrected chi connectivity index (χ1v) is 8.71. The molecule has 1 aromatic rings. The van der Waals surface area contributed by atoms with Crippen LogP contribution >= 0.6 is 23.2 Å². The van der Waals surface area contributed by atoms with Gasteiger partial charge in [0.2, 0.25) is 0 Å². The van der Waals surface area contributed by atoms with Gasteiger partial charge < -0.3 is 15.0 Å². The molecule has 1 fully saturated rings. The summed E-state index contributed by atoms with van der Waals surface area (Å²) in [6, 6.07) is 3.61. The number of morpholine rings is 1. The lowest BCUT2D eigenvalue weighted by Gasteiger charge is -2.41. The van der Waals surface area contributed by atoms with Crippen LogP contribution in [0.25, 0.3) is 0 Å². The zero-order chi connectivity index (χ0) is 16.8. The van der Waals surface area contributed by atoms with Crippen molar-refractivity contribution >= 4 is 29.1 Å². The molecule has 126 valence electrons. The third-order valence-electron chi connectivity index (χ3n) is 4.59. The molecule has 0 bridgehead atoms. The van der Waals surface area contributed by atoms with Gasteiger partial charge >= 0.3 is 0 Å². The Morgan fingerprint density at radius 2 is 2.13 bits per heavy atom. The molecule has 1 aromatic carbocycles. The summed E-state index contributed by atoms with van der Waals surface area (Å²) in [4.78, 5) is 14.8. The van der Waals surface area contributed by atoms with E-state index in [1.54, 1.807) is 6.07 Å². The molecule has 2 aliphatic rings. The quantitative estimate of drug-likeness (QED) is 0.839. The lowest BCUT2D eigenvalue weighted by Crippen LogP contribution is -2.57. The van der Waals surface area contributed by atoms with Crippen LogP contribution in [0.3, 0.4) is 0 Å². The van der Waals surface area contributed by atoms with Gasteiger partial charge in [0.25, 0.3) is 5.91 Å². The Labute approximate surface area is 147 Å². The van der Waals surface area contributed by atoms with E-state index in [0.29, 0.717) is 23.1 Å². The molecule has 0 aliphatic carbocycles. The lowest BCUT2D eigenvalue weighted by atomic mass is 9.93. The van der Waals surface area contributed by atoms with Gasteiger partial charge in [-0.25, -0.2) is 0 Å². The number of nitrogens with one attached hydrogen (secondary N) is 1. The Morgan fingerprint density at radius 1 is 1.39 bits per heavy atom. The van der Waals surface area contributed by atoms with Crippen LogP contribution in [0, 0.1) is 0 Å². The molecule has 2 atom stereocenters. The third-order valence-corrected chi connectivity index (χ3v) is 5.12. The number of carbonyl (C=O) groups excluding carboxylic acids is 1. The second-order valence-corrected chi connectivity index (χ2v) is 7.76. The minimum Gasteiger partial charge on any atom is -0.360 e. The summed E-state index contributed by atoms with van der Waals surface area (Å²) < 4.78 is 5.97. The van der Waals surface area contributed by atoms with E-state index in [1.165, 1.54) is 0 Å².